The third-order valence-corrected chi connectivity index (χ3v) is 3.17. The molecule has 5 N–H and O–H groups in total. The maximum absolute atomic E-state index is 10.6. The van der Waals surface area contributed by atoms with Gasteiger partial charge < -0.3 is 20.1 Å². The molecule has 0 spiro atoms. The maximum Gasteiger partial charge on any atom is 0.397 e. The summed E-state index contributed by atoms with van der Waals surface area (Å²) in [4.78, 5) is 0. The van der Waals surface area contributed by atoms with Gasteiger partial charge >= 0.3 is 20.8 Å². The minimum Gasteiger partial charge on any atom is -0.387 e. The van der Waals surface area contributed by atoms with Crippen LogP contribution in [-0.4, -0.2) is 78.6 Å². The number of hydrogen-bond acceptors (Lipinski definition) is 10. The normalized spacial score (nSPS) is 36.0. The van der Waals surface area contributed by atoms with Crippen LogP contribution < -0.4 is 0 Å². The van der Waals surface area contributed by atoms with E-state index in [1.54, 1.807) is 0 Å². The van der Waals surface area contributed by atoms with Crippen molar-refractivity contribution in [2.75, 3.05) is 6.61 Å². The van der Waals surface area contributed by atoms with E-state index in [-0.39, 0.29) is 0 Å². The second-order valence-electron chi connectivity index (χ2n) is 3.75. The highest BCUT2D eigenvalue weighted by atomic mass is 32.3. The standard InChI is InChI=1S/C6H12O12S2/c7-3-4(8)6(9)17-2(1-16-19(10,11)12)5(3)18-20(13,14)15/h2-9H,1H2,(H,10,11,12)(H,13,14,15)/t2-,3-,4-,5-,6-/m1/s1. The summed E-state index contributed by atoms with van der Waals surface area (Å²) in [5.74, 6) is 0. The molecule has 1 fully saturated rings. The van der Waals surface area contributed by atoms with E-state index >= 15 is 0 Å². The van der Waals surface area contributed by atoms with Gasteiger partial charge in [0, 0.05) is 0 Å². The van der Waals surface area contributed by atoms with Gasteiger partial charge in [0.15, 0.2) is 6.29 Å². The molecular formula is C6H12O12S2. The number of hydrogen-bond donors (Lipinski definition) is 5. The molecule has 1 aliphatic heterocycles. The Bertz CT molecular complexity index is 524. The molecule has 20 heavy (non-hydrogen) atoms. The number of rotatable bonds is 5. The van der Waals surface area contributed by atoms with E-state index in [4.69, 9.17) is 9.11 Å². The minimum atomic E-state index is -5.08. The van der Waals surface area contributed by atoms with Crippen LogP contribution in [0.25, 0.3) is 0 Å². The lowest BCUT2D eigenvalue weighted by Crippen LogP contribution is -2.60. The molecule has 14 heteroatoms. The summed E-state index contributed by atoms with van der Waals surface area (Å²) >= 11 is 0. The summed E-state index contributed by atoms with van der Waals surface area (Å²) in [5, 5.41) is 28.0. The van der Waals surface area contributed by atoms with E-state index in [2.05, 4.69) is 13.1 Å². The van der Waals surface area contributed by atoms with Gasteiger partial charge in [-0.15, -0.1) is 0 Å². The van der Waals surface area contributed by atoms with Crippen molar-refractivity contribution >= 4 is 20.8 Å². The van der Waals surface area contributed by atoms with Crippen LogP contribution in [0.5, 0.6) is 0 Å². The van der Waals surface area contributed by atoms with Crippen molar-refractivity contribution in [3.05, 3.63) is 0 Å². The molecule has 0 unspecified atom stereocenters. The lowest BCUT2D eigenvalue weighted by atomic mass is 9.99. The van der Waals surface area contributed by atoms with E-state index in [0.717, 1.165) is 0 Å². The van der Waals surface area contributed by atoms with Gasteiger partial charge in [0.05, 0.1) is 6.61 Å². The van der Waals surface area contributed by atoms with Gasteiger partial charge in [-0.25, -0.2) is 8.37 Å². The fourth-order valence-electron chi connectivity index (χ4n) is 1.47. The van der Waals surface area contributed by atoms with Gasteiger partial charge in [-0.3, -0.25) is 9.11 Å². The predicted molar refractivity (Wildman–Crippen MR) is 56.8 cm³/mol. The van der Waals surface area contributed by atoms with Crippen LogP contribution in [0, 0.1) is 0 Å². The third kappa shape index (κ3) is 5.17. The van der Waals surface area contributed by atoms with Crippen molar-refractivity contribution in [1.29, 1.82) is 0 Å². The quantitative estimate of drug-likeness (QED) is 0.309. The monoisotopic (exact) mass is 340 g/mol. The van der Waals surface area contributed by atoms with Crippen LogP contribution in [0.2, 0.25) is 0 Å². The Morgan fingerprint density at radius 2 is 1.50 bits per heavy atom. The molecule has 0 aromatic heterocycles. The maximum atomic E-state index is 10.6. The zero-order valence-corrected chi connectivity index (χ0v) is 11.1. The second kappa shape index (κ2) is 6.14. The molecule has 0 aromatic carbocycles. The van der Waals surface area contributed by atoms with Gasteiger partial charge in [-0.1, -0.05) is 0 Å². The highest BCUT2D eigenvalue weighted by Gasteiger charge is 2.47. The Balaban J connectivity index is 2.90. The molecule has 0 radical (unpaired) electrons. The fourth-order valence-corrected chi connectivity index (χ4v) is 2.29. The second-order valence-corrected chi connectivity index (χ2v) is 5.89. The highest BCUT2D eigenvalue weighted by molar-refractivity contribution is 7.81. The van der Waals surface area contributed by atoms with E-state index in [0.29, 0.717) is 0 Å². The van der Waals surface area contributed by atoms with Crippen LogP contribution >= 0.6 is 0 Å². The van der Waals surface area contributed by atoms with Gasteiger partial charge in [-0.05, 0) is 0 Å². The molecule has 0 bridgehead atoms. The molecule has 0 saturated carbocycles. The first-order chi connectivity index (χ1) is 8.91. The molecule has 12 nitrogen and oxygen atoms in total. The van der Waals surface area contributed by atoms with E-state index in [1.807, 2.05) is 0 Å². The SMILES string of the molecule is O=S(=O)(O)OC[C@H]1O[C@@H](O)[C@H](O)[C@@H](O)[C@@H]1OS(=O)(=O)O. The van der Waals surface area contributed by atoms with E-state index in [9.17, 15) is 32.2 Å². The molecule has 1 heterocycles. The van der Waals surface area contributed by atoms with Crippen LogP contribution in [0.1, 0.15) is 0 Å². The minimum absolute atomic E-state index is 1.06. The first-order valence-corrected chi connectivity index (χ1v) is 7.61. The van der Waals surface area contributed by atoms with Gasteiger partial charge in [0.1, 0.15) is 24.4 Å². The smallest absolute Gasteiger partial charge is 0.387 e. The summed E-state index contributed by atoms with van der Waals surface area (Å²) in [6.07, 6.45) is -9.74. The average Bonchev–Trinajstić information content (AvgIpc) is 2.25. The highest BCUT2D eigenvalue weighted by Crippen LogP contribution is 2.24. The Morgan fingerprint density at radius 3 is 1.95 bits per heavy atom. The van der Waals surface area contributed by atoms with Crippen molar-refractivity contribution in [3.8, 4) is 0 Å². The molecule has 1 saturated heterocycles. The third-order valence-electron chi connectivity index (χ3n) is 2.27. The number of aliphatic hydroxyl groups excluding tert-OH is 3. The van der Waals surface area contributed by atoms with E-state index < -0.39 is 58.1 Å². The summed E-state index contributed by atoms with van der Waals surface area (Å²) in [5.41, 5.74) is 0. The van der Waals surface area contributed by atoms with Crippen molar-refractivity contribution in [1.82, 2.24) is 0 Å². The van der Waals surface area contributed by atoms with Crippen molar-refractivity contribution in [2.24, 2.45) is 0 Å². The lowest BCUT2D eigenvalue weighted by molar-refractivity contribution is -0.280. The average molecular weight is 340 g/mol. The Morgan fingerprint density at radius 1 is 0.950 bits per heavy atom. The Hall–Kier alpha value is -0.420. The topological polar surface area (TPSA) is 197 Å². The Kier molecular flexibility index (Phi) is 5.41. The van der Waals surface area contributed by atoms with Crippen LogP contribution in [0.4, 0.5) is 0 Å². The molecule has 5 atom stereocenters. The molecule has 0 amide bonds. The summed E-state index contributed by atoms with van der Waals surface area (Å²) in [7, 11) is -10.00. The van der Waals surface area contributed by atoms with Crippen LogP contribution in [0.15, 0.2) is 0 Å². The molecule has 120 valence electrons. The van der Waals surface area contributed by atoms with E-state index in [1.165, 1.54) is 0 Å². The summed E-state index contributed by atoms with van der Waals surface area (Å²) < 4.78 is 71.3. The van der Waals surface area contributed by atoms with Crippen molar-refractivity contribution in [3.63, 3.8) is 0 Å². The van der Waals surface area contributed by atoms with Gasteiger partial charge in [-0.2, -0.15) is 16.8 Å². The molecule has 1 rings (SSSR count). The molecule has 1 aliphatic rings. The van der Waals surface area contributed by atoms with Crippen molar-refractivity contribution < 1.29 is 54.4 Å². The predicted octanol–water partition coefficient (Wildman–Crippen LogP) is -3.57. The molecule has 0 aromatic rings. The summed E-state index contributed by atoms with van der Waals surface area (Å²) in [6.45, 7) is -1.06. The zero-order valence-electron chi connectivity index (χ0n) is 9.50. The molecular weight excluding hydrogens is 328 g/mol. The van der Waals surface area contributed by atoms with Gasteiger partial charge in [0.2, 0.25) is 0 Å². The van der Waals surface area contributed by atoms with Crippen molar-refractivity contribution in [2.45, 2.75) is 30.7 Å². The summed E-state index contributed by atoms with van der Waals surface area (Å²) in [6, 6.07) is 0. The van der Waals surface area contributed by atoms with Gasteiger partial charge in [0.25, 0.3) is 0 Å². The number of ether oxygens (including phenoxy) is 1. The Labute approximate surface area is 113 Å². The fraction of sp³-hybridized carbons (Fsp3) is 1.00. The largest absolute Gasteiger partial charge is 0.397 e. The van der Waals surface area contributed by atoms with Crippen LogP contribution in [-0.2, 0) is 33.9 Å². The molecule has 0 aliphatic carbocycles. The zero-order chi connectivity index (χ0) is 15.7. The first kappa shape index (κ1) is 17.6. The number of aliphatic hydroxyl groups is 3. The van der Waals surface area contributed by atoms with Crippen LogP contribution in [0.3, 0.4) is 0 Å². The lowest BCUT2D eigenvalue weighted by Gasteiger charge is -2.39. The first-order valence-electron chi connectivity index (χ1n) is 4.88.